The summed E-state index contributed by atoms with van der Waals surface area (Å²) in [4.78, 5) is 11.6. The van der Waals surface area contributed by atoms with E-state index in [0.29, 0.717) is 23.6 Å². The summed E-state index contributed by atoms with van der Waals surface area (Å²) in [5.41, 5.74) is 2.33. The van der Waals surface area contributed by atoms with Crippen molar-refractivity contribution in [3.63, 3.8) is 0 Å². The van der Waals surface area contributed by atoms with E-state index in [1.165, 1.54) is 0 Å². The Morgan fingerprint density at radius 2 is 2.05 bits per heavy atom. The smallest absolute Gasteiger partial charge is 0.338 e. The van der Waals surface area contributed by atoms with E-state index in [1.54, 1.807) is 43.0 Å². The lowest BCUT2D eigenvalue weighted by atomic mass is 10.2. The second-order valence-electron chi connectivity index (χ2n) is 4.25. The van der Waals surface area contributed by atoms with Gasteiger partial charge in [-0.05, 0) is 31.2 Å². The molecule has 1 aromatic carbocycles. The van der Waals surface area contributed by atoms with Crippen molar-refractivity contribution in [3.05, 3.63) is 41.2 Å². The van der Waals surface area contributed by atoms with Gasteiger partial charge in [-0.15, -0.1) is 5.10 Å². The third-order valence-electron chi connectivity index (χ3n) is 2.90. The third kappa shape index (κ3) is 3.26. The zero-order valence-electron chi connectivity index (χ0n) is 11.9. The van der Waals surface area contributed by atoms with Gasteiger partial charge in [-0.1, -0.05) is 5.21 Å². The second-order valence-corrected chi connectivity index (χ2v) is 4.25. The molecule has 0 atom stereocenters. The molecule has 2 rings (SSSR count). The molecule has 7 nitrogen and oxygen atoms in total. The van der Waals surface area contributed by atoms with Crippen LogP contribution in [0.3, 0.4) is 0 Å². The molecule has 0 radical (unpaired) electrons. The van der Waals surface area contributed by atoms with E-state index in [1.807, 2.05) is 0 Å². The van der Waals surface area contributed by atoms with Crippen LogP contribution >= 0.6 is 0 Å². The Kier molecular flexibility index (Phi) is 5.02. The molecule has 0 aliphatic rings. The second kappa shape index (κ2) is 6.96. The number of hydrogen-bond donors (Lipinski definition) is 1. The van der Waals surface area contributed by atoms with Crippen LogP contribution in [-0.2, 0) is 22.7 Å². The predicted octanol–water partition coefficient (Wildman–Crippen LogP) is 1.08. The standard InChI is InChI=1S/C14H17N3O4/c1-3-21-14(19)10-4-6-11(7-5-10)17-13(9-20-2)12(8-18)15-16-17/h4-7,18H,3,8-9H2,1-2H3. The average molecular weight is 291 g/mol. The highest BCUT2D eigenvalue weighted by molar-refractivity contribution is 5.89. The number of carbonyl (C=O) groups excluding carboxylic acids is 1. The van der Waals surface area contributed by atoms with Crippen LogP contribution in [0.15, 0.2) is 24.3 Å². The summed E-state index contributed by atoms with van der Waals surface area (Å²) < 4.78 is 11.6. The Balaban J connectivity index is 2.30. The number of aliphatic hydroxyl groups excluding tert-OH is 1. The number of hydrogen-bond acceptors (Lipinski definition) is 6. The molecule has 0 bridgehead atoms. The molecule has 7 heteroatoms. The number of esters is 1. The number of carbonyl (C=O) groups is 1. The van der Waals surface area contributed by atoms with Gasteiger partial charge in [-0.25, -0.2) is 9.48 Å². The fourth-order valence-corrected chi connectivity index (χ4v) is 1.90. The van der Waals surface area contributed by atoms with Crippen molar-refractivity contribution in [1.29, 1.82) is 0 Å². The van der Waals surface area contributed by atoms with Gasteiger partial charge in [-0.2, -0.15) is 0 Å². The van der Waals surface area contributed by atoms with Crippen LogP contribution in [0.25, 0.3) is 5.69 Å². The number of ether oxygens (including phenoxy) is 2. The summed E-state index contributed by atoms with van der Waals surface area (Å²) in [7, 11) is 1.56. The Labute approximate surface area is 122 Å². The monoisotopic (exact) mass is 291 g/mol. The summed E-state index contributed by atoms with van der Waals surface area (Å²) in [6.07, 6.45) is 0. The summed E-state index contributed by atoms with van der Waals surface area (Å²) in [6.45, 7) is 2.17. The lowest BCUT2D eigenvalue weighted by Gasteiger charge is -2.07. The van der Waals surface area contributed by atoms with Crippen molar-refractivity contribution in [1.82, 2.24) is 15.0 Å². The number of aromatic nitrogens is 3. The van der Waals surface area contributed by atoms with Crippen LogP contribution < -0.4 is 0 Å². The summed E-state index contributed by atoms with van der Waals surface area (Å²) in [5, 5.41) is 17.2. The van der Waals surface area contributed by atoms with Crippen molar-refractivity contribution >= 4 is 5.97 Å². The van der Waals surface area contributed by atoms with Gasteiger partial charge in [-0.3, -0.25) is 0 Å². The first-order chi connectivity index (χ1) is 10.2. The molecule has 0 aliphatic carbocycles. The molecule has 0 saturated carbocycles. The van der Waals surface area contributed by atoms with Gasteiger partial charge in [0.1, 0.15) is 5.69 Å². The maximum atomic E-state index is 11.6. The van der Waals surface area contributed by atoms with Gasteiger partial charge >= 0.3 is 5.97 Å². The lowest BCUT2D eigenvalue weighted by Crippen LogP contribution is -2.07. The van der Waals surface area contributed by atoms with Crippen molar-refractivity contribution in [2.45, 2.75) is 20.1 Å². The van der Waals surface area contributed by atoms with Crippen molar-refractivity contribution < 1.29 is 19.4 Å². The molecule has 0 aliphatic heterocycles. The van der Waals surface area contributed by atoms with Gasteiger partial charge in [0.05, 0.1) is 36.8 Å². The summed E-state index contributed by atoms with van der Waals surface area (Å²) in [6, 6.07) is 6.79. The summed E-state index contributed by atoms with van der Waals surface area (Å²) in [5.74, 6) is -0.365. The third-order valence-corrected chi connectivity index (χ3v) is 2.90. The fraction of sp³-hybridized carbons (Fsp3) is 0.357. The maximum Gasteiger partial charge on any atom is 0.338 e. The molecule has 2 aromatic rings. The predicted molar refractivity (Wildman–Crippen MR) is 74.0 cm³/mol. The van der Waals surface area contributed by atoms with Gasteiger partial charge in [0.25, 0.3) is 0 Å². The molecule has 21 heavy (non-hydrogen) atoms. The first-order valence-electron chi connectivity index (χ1n) is 6.52. The van der Waals surface area contributed by atoms with Crippen molar-refractivity contribution in [2.24, 2.45) is 0 Å². The Morgan fingerprint density at radius 3 is 2.62 bits per heavy atom. The molecular weight excluding hydrogens is 274 g/mol. The van der Waals surface area contributed by atoms with Crippen LogP contribution in [0.4, 0.5) is 0 Å². The molecule has 1 heterocycles. The van der Waals surface area contributed by atoms with E-state index < -0.39 is 0 Å². The average Bonchev–Trinajstić information content (AvgIpc) is 2.91. The molecule has 1 N–H and O–H groups in total. The topological polar surface area (TPSA) is 86.5 Å². The Morgan fingerprint density at radius 1 is 1.33 bits per heavy atom. The van der Waals surface area contributed by atoms with Gasteiger partial charge in [0.15, 0.2) is 0 Å². The van der Waals surface area contributed by atoms with E-state index in [9.17, 15) is 9.90 Å². The van der Waals surface area contributed by atoms with E-state index in [2.05, 4.69) is 10.3 Å². The quantitative estimate of drug-likeness (QED) is 0.802. The first-order valence-corrected chi connectivity index (χ1v) is 6.52. The van der Waals surface area contributed by atoms with E-state index in [0.717, 1.165) is 5.69 Å². The number of benzene rings is 1. The highest BCUT2D eigenvalue weighted by Gasteiger charge is 2.14. The maximum absolute atomic E-state index is 11.6. The normalized spacial score (nSPS) is 10.6. The van der Waals surface area contributed by atoms with Crippen LogP contribution in [-0.4, -0.2) is 39.8 Å². The Hall–Kier alpha value is -2.25. The summed E-state index contributed by atoms with van der Waals surface area (Å²) >= 11 is 0. The van der Waals surface area contributed by atoms with Crippen LogP contribution in [0.1, 0.15) is 28.7 Å². The minimum Gasteiger partial charge on any atom is -0.462 e. The molecule has 0 saturated heterocycles. The van der Waals surface area contributed by atoms with Gasteiger partial charge < -0.3 is 14.6 Å². The largest absolute Gasteiger partial charge is 0.462 e. The van der Waals surface area contributed by atoms with Crippen LogP contribution in [0, 0.1) is 0 Å². The highest BCUT2D eigenvalue weighted by Crippen LogP contribution is 2.15. The fourth-order valence-electron chi connectivity index (χ4n) is 1.90. The minimum absolute atomic E-state index is 0.209. The van der Waals surface area contributed by atoms with Crippen molar-refractivity contribution in [2.75, 3.05) is 13.7 Å². The molecule has 0 fully saturated rings. The van der Waals surface area contributed by atoms with E-state index in [-0.39, 0.29) is 19.2 Å². The van der Waals surface area contributed by atoms with Gasteiger partial charge in [0.2, 0.25) is 0 Å². The minimum atomic E-state index is -0.365. The molecular formula is C14H17N3O4. The zero-order chi connectivity index (χ0) is 15.2. The zero-order valence-corrected chi connectivity index (χ0v) is 11.9. The van der Waals surface area contributed by atoms with Crippen molar-refractivity contribution in [3.8, 4) is 5.69 Å². The van der Waals surface area contributed by atoms with E-state index >= 15 is 0 Å². The number of rotatable bonds is 6. The van der Waals surface area contributed by atoms with E-state index in [4.69, 9.17) is 9.47 Å². The lowest BCUT2D eigenvalue weighted by molar-refractivity contribution is 0.0526. The van der Waals surface area contributed by atoms with Gasteiger partial charge in [0, 0.05) is 7.11 Å². The molecule has 0 amide bonds. The Bertz CT molecular complexity index is 607. The molecule has 1 aromatic heterocycles. The number of aliphatic hydroxyl groups is 1. The molecule has 0 spiro atoms. The van der Waals surface area contributed by atoms with Crippen LogP contribution in [0.2, 0.25) is 0 Å². The van der Waals surface area contributed by atoms with Crippen LogP contribution in [0.5, 0.6) is 0 Å². The SMILES string of the molecule is CCOC(=O)c1ccc(-n2nnc(CO)c2COC)cc1. The number of nitrogens with zero attached hydrogens (tertiary/aromatic N) is 3. The first kappa shape index (κ1) is 15.1. The number of methoxy groups -OCH3 is 1. The highest BCUT2D eigenvalue weighted by atomic mass is 16.5. The molecule has 112 valence electrons. The molecule has 0 unspecified atom stereocenters.